The highest BCUT2D eigenvalue weighted by Crippen LogP contribution is 2.35. The van der Waals surface area contributed by atoms with E-state index in [4.69, 9.17) is 4.74 Å². The van der Waals surface area contributed by atoms with E-state index in [9.17, 15) is 17.2 Å². The second-order valence-corrected chi connectivity index (χ2v) is 8.20. The molecule has 2 aromatic carbocycles. The summed E-state index contributed by atoms with van der Waals surface area (Å²) in [6.07, 6.45) is 1.63. The van der Waals surface area contributed by atoms with Crippen LogP contribution in [0.5, 0.6) is 5.75 Å². The Kier molecular flexibility index (Phi) is 5.46. The van der Waals surface area contributed by atoms with Crippen molar-refractivity contribution < 1.29 is 21.9 Å². The number of anilines is 1. The molecule has 0 saturated carbocycles. The molecule has 2 aromatic rings. The summed E-state index contributed by atoms with van der Waals surface area (Å²) in [6, 6.07) is 13.9. The number of rotatable bonds is 5. The van der Waals surface area contributed by atoms with Crippen LogP contribution in [0.4, 0.5) is 14.5 Å². The zero-order valence-corrected chi connectivity index (χ0v) is 15.3. The Balaban J connectivity index is 1.79. The van der Waals surface area contributed by atoms with Crippen molar-refractivity contribution in [3.8, 4) is 5.75 Å². The molecular weight excluding hydrogens is 360 g/mol. The third kappa shape index (κ3) is 3.67. The Hall–Kier alpha value is -2.15. The van der Waals surface area contributed by atoms with Gasteiger partial charge in [0.2, 0.25) is 9.84 Å². The van der Waals surface area contributed by atoms with Gasteiger partial charge in [0.15, 0.2) is 0 Å². The molecule has 0 spiro atoms. The van der Waals surface area contributed by atoms with E-state index >= 15 is 0 Å². The molecule has 0 N–H and O–H groups in total. The van der Waals surface area contributed by atoms with Gasteiger partial charge in [-0.25, -0.2) is 8.42 Å². The second kappa shape index (κ2) is 7.61. The molecule has 3 rings (SSSR count). The van der Waals surface area contributed by atoms with E-state index in [1.807, 2.05) is 23.1 Å². The number of methoxy groups -OCH3 is 1. The van der Waals surface area contributed by atoms with Crippen molar-refractivity contribution in [2.75, 3.05) is 25.1 Å². The number of nitrogens with zero attached hydrogens (tertiary/aromatic N) is 1. The zero-order valence-electron chi connectivity index (χ0n) is 14.4. The molecule has 140 valence electrons. The van der Waals surface area contributed by atoms with Gasteiger partial charge in [-0.1, -0.05) is 24.3 Å². The molecule has 1 aliphatic rings. The minimum atomic E-state index is -4.62. The molecule has 7 heteroatoms. The third-order valence-electron chi connectivity index (χ3n) is 4.81. The van der Waals surface area contributed by atoms with E-state index in [0.717, 1.165) is 18.6 Å². The van der Waals surface area contributed by atoms with Gasteiger partial charge in [0.25, 0.3) is 0 Å². The van der Waals surface area contributed by atoms with Gasteiger partial charge >= 0.3 is 5.76 Å². The van der Waals surface area contributed by atoms with Crippen LogP contribution < -0.4 is 9.64 Å². The molecule has 0 atom stereocenters. The number of hydrogen-bond acceptors (Lipinski definition) is 4. The Labute approximate surface area is 152 Å². The molecule has 1 saturated heterocycles. The van der Waals surface area contributed by atoms with Crippen LogP contribution >= 0.6 is 0 Å². The van der Waals surface area contributed by atoms with Crippen molar-refractivity contribution in [2.24, 2.45) is 0 Å². The SMILES string of the molecule is COc1cccc(C2CCN(c3ccccc3S(=O)(=O)C(F)F)CC2)c1. The van der Waals surface area contributed by atoms with E-state index in [2.05, 4.69) is 6.07 Å². The van der Waals surface area contributed by atoms with Crippen LogP contribution in [-0.2, 0) is 9.84 Å². The van der Waals surface area contributed by atoms with Crippen molar-refractivity contribution in [1.29, 1.82) is 0 Å². The van der Waals surface area contributed by atoms with Crippen LogP contribution in [0.15, 0.2) is 53.4 Å². The second-order valence-electron chi connectivity index (χ2n) is 6.31. The number of halogens is 2. The molecule has 26 heavy (non-hydrogen) atoms. The first-order valence-electron chi connectivity index (χ1n) is 8.43. The summed E-state index contributed by atoms with van der Waals surface area (Å²) in [5, 5.41) is 0. The molecule has 0 aromatic heterocycles. The molecule has 4 nitrogen and oxygen atoms in total. The van der Waals surface area contributed by atoms with Crippen LogP contribution in [0.3, 0.4) is 0 Å². The van der Waals surface area contributed by atoms with E-state index in [1.165, 1.54) is 17.7 Å². The lowest BCUT2D eigenvalue weighted by Crippen LogP contribution is -2.34. The summed E-state index contributed by atoms with van der Waals surface area (Å²) < 4.78 is 55.1. The third-order valence-corrected chi connectivity index (χ3v) is 6.23. The summed E-state index contributed by atoms with van der Waals surface area (Å²) in [5.74, 6) is -2.28. The maximum atomic E-state index is 13.0. The van der Waals surface area contributed by atoms with E-state index in [0.29, 0.717) is 24.7 Å². The lowest BCUT2D eigenvalue weighted by atomic mass is 9.89. The maximum absolute atomic E-state index is 13.0. The monoisotopic (exact) mass is 381 g/mol. The van der Waals surface area contributed by atoms with E-state index in [1.54, 1.807) is 19.2 Å². The summed E-state index contributed by atoms with van der Waals surface area (Å²) in [6.45, 7) is 1.22. The quantitative estimate of drug-likeness (QED) is 0.783. The van der Waals surface area contributed by atoms with Gasteiger partial charge < -0.3 is 9.64 Å². The number of para-hydroxylation sites is 1. The summed E-state index contributed by atoms with van der Waals surface area (Å²) in [4.78, 5) is 1.58. The van der Waals surface area contributed by atoms with Crippen LogP contribution in [0.25, 0.3) is 0 Å². The van der Waals surface area contributed by atoms with Gasteiger partial charge in [0, 0.05) is 13.1 Å². The molecule has 0 amide bonds. The zero-order chi connectivity index (χ0) is 18.7. The number of benzene rings is 2. The van der Waals surface area contributed by atoms with Crippen molar-refractivity contribution in [1.82, 2.24) is 0 Å². The van der Waals surface area contributed by atoms with Gasteiger partial charge in [-0.15, -0.1) is 0 Å². The average Bonchev–Trinajstić information content (AvgIpc) is 2.68. The molecule has 0 aliphatic carbocycles. The maximum Gasteiger partial charge on any atom is 0.341 e. The van der Waals surface area contributed by atoms with Gasteiger partial charge in [-0.2, -0.15) is 8.78 Å². The number of ether oxygens (including phenoxy) is 1. The average molecular weight is 381 g/mol. The lowest BCUT2D eigenvalue weighted by Gasteiger charge is -2.34. The topological polar surface area (TPSA) is 46.6 Å². The lowest BCUT2D eigenvalue weighted by molar-refractivity contribution is 0.234. The molecular formula is C19H21F2NO3S. The normalized spacial score (nSPS) is 16.1. The summed E-state index contributed by atoms with van der Waals surface area (Å²) in [7, 11) is -3.00. The van der Waals surface area contributed by atoms with Crippen molar-refractivity contribution in [3.63, 3.8) is 0 Å². The number of alkyl halides is 2. The number of piperidine rings is 1. The van der Waals surface area contributed by atoms with E-state index in [-0.39, 0.29) is 4.90 Å². The highest BCUT2D eigenvalue weighted by atomic mass is 32.2. The first-order valence-corrected chi connectivity index (χ1v) is 9.98. The van der Waals surface area contributed by atoms with Crippen molar-refractivity contribution in [2.45, 2.75) is 29.4 Å². The van der Waals surface area contributed by atoms with Gasteiger partial charge in [-0.05, 0) is 48.6 Å². The molecule has 1 fully saturated rings. The largest absolute Gasteiger partial charge is 0.497 e. The van der Waals surface area contributed by atoms with Gasteiger partial charge in [-0.3, -0.25) is 0 Å². The van der Waals surface area contributed by atoms with Gasteiger partial charge in [0.1, 0.15) is 5.75 Å². The van der Waals surface area contributed by atoms with Crippen LogP contribution in [0, 0.1) is 0 Å². The smallest absolute Gasteiger partial charge is 0.341 e. The minimum absolute atomic E-state index is 0.296. The fourth-order valence-corrected chi connectivity index (χ4v) is 4.35. The van der Waals surface area contributed by atoms with Crippen LogP contribution in [-0.4, -0.2) is 34.4 Å². The molecule has 1 heterocycles. The fourth-order valence-electron chi connectivity index (χ4n) is 3.40. The molecule has 0 bridgehead atoms. The Morgan fingerprint density at radius 1 is 1.08 bits per heavy atom. The Morgan fingerprint density at radius 2 is 1.77 bits per heavy atom. The van der Waals surface area contributed by atoms with Crippen LogP contribution in [0.2, 0.25) is 0 Å². The van der Waals surface area contributed by atoms with Crippen molar-refractivity contribution in [3.05, 3.63) is 54.1 Å². The number of hydrogen-bond donors (Lipinski definition) is 0. The molecule has 1 aliphatic heterocycles. The molecule has 0 unspecified atom stereocenters. The summed E-state index contributed by atoms with van der Waals surface area (Å²) in [5.41, 5.74) is 1.54. The first kappa shape index (κ1) is 18.6. The van der Waals surface area contributed by atoms with Crippen LogP contribution in [0.1, 0.15) is 24.3 Å². The summed E-state index contributed by atoms with van der Waals surface area (Å²) >= 11 is 0. The van der Waals surface area contributed by atoms with Gasteiger partial charge in [0.05, 0.1) is 17.7 Å². The highest BCUT2D eigenvalue weighted by Gasteiger charge is 2.31. The first-order chi connectivity index (χ1) is 12.4. The fraction of sp³-hybridized carbons (Fsp3) is 0.368. The Morgan fingerprint density at radius 3 is 2.42 bits per heavy atom. The molecule has 0 radical (unpaired) electrons. The minimum Gasteiger partial charge on any atom is -0.497 e. The number of sulfone groups is 1. The van der Waals surface area contributed by atoms with Crippen molar-refractivity contribution >= 4 is 15.5 Å². The standard InChI is InChI=1S/C19H21F2NO3S/c1-25-16-6-4-5-15(13-16)14-9-11-22(12-10-14)17-7-2-3-8-18(17)26(23,24)19(20)21/h2-8,13-14,19H,9-12H2,1H3. The predicted molar refractivity (Wildman–Crippen MR) is 96.8 cm³/mol. The Bertz CT molecular complexity index is 863. The highest BCUT2D eigenvalue weighted by molar-refractivity contribution is 7.91. The van der Waals surface area contributed by atoms with E-state index < -0.39 is 15.6 Å². The predicted octanol–water partition coefficient (Wildman–Crippen LogP) is 4.08.